The van der Waals surface area contributed by atoms with Crippen molar-refractivity contribution in [1.29, 1.82) is 0 Å². The standard InChI is InChI=1S/C57H47N/c1-55(2)48-31-13-9-24-45(48)52-42(26-17-32-49(52)55)41-23-10-14-33-50(41)58(51-34-18-28-44-40-22-8-12-30-47(40)57(5,6)54(44)51)37-20-15-19-36(35-37)38-25-16-27-43-39-21-7-11-29-46(39)56(3,4)53(38)43/h7-35H,1-6H3. The molecule has 0 amide bonds. The molecule has 0 aromatic heterocycles. The summed E-state index contributed by atoms with van der Waals surface area (Å²) in [6.45, 7) is 14.3. The number of hydrogen-bond donors (Lipinski definition) is 0. The zero-order valence-corrected chi connectivity index (χ0v) is 34.2. The van der Waals surface area contributed by atoms with Gasteiger partial charge in [0.05, 0.1) is 11.4 Å². The summed E-state index contributed by atoms with van der Waals surface area (Å²) in [6.07, 6.45) is 0. The van der Waals surface area contributed by atoms with Crippen molar-refractivity contribution in [3.8, 4) is 55.6 Å². The molecule has 0 radical (unpaired) electrons. The van der Waals surface area contributed by atoms with E-state index in [0.29, 0.717) is 0 Å². The highest BCUT2D eigenvalue weighted by atomic mass is 15.1. The lowest BCUT2D eigenvalue weighted by molar-refractivity contribution is 0.660. The van der Waals surface area contributed by atoms with Gasteiger partial charge in [0.1, 0.15) is 0 Å². The van der Waals surface area contributed by atoms with Crippen LogP contribution in [0, 0.1) is 0 Å². The van der Waals surface area contributed by atoms with Gasteiger partial charge < -0.3 is 4.90 Å². The Hall–Kier alpha value is -6.44. The summed E-state index contributed by atoms with van der Waals surface area (Å²) in [4.78, 5) is 2.57. The first kappa shape index (κ1) is 34.8. The molecule has 0 spiro atoms. The van der Waals surface area contributed by atoms with Gasteiger partial charge in [0.2, 0.25) is 0 Å². The Labute approximate surface area is 343 Å². The second-order valence-electron chi connectivity index (χ2n) is 18.1. The third-order valence-corrected chi connectivity index (χ3v) is 13.8. The molecule has 0 N–H and O–H groups in total. The molecular formula is C57H47N. The topological polar surface area (TPSA) is 3.24 Å². The molecule has 0 saturated carbocycles. The third kappa shape index (κ3) is 4.71. The first-order valence-corrected chi connectivity index (χ1v) is 20.8. The van der Waals surface area contributed by atoms with Gasteiger partial charge in [0, 0.05) is 27.5 Å². The van der Waals surface area contributed by atoms with Crippen molar-refractivity contribution in [2.24, 2.45) is 0 Å². The quantitative estimate of drug-likeness (QED) is 0.170. The molecule has 3 aliphatic rings. The van der Waals surface area contributed by atoms with Crippen LogP contribution in [0.25, 0.3) is 55.6 Å². The number of nitrogens with zero attached hydrogens (tertiary/aromatic N) is 1. The second kappa shape index (κ2) is 12.3. The van der Waals surface area contributed by atoms with Crippen molar-refractivity contribution < 1.29 is 0 Å². The zero-order valence-electron chi connectivity index (χ0n) is 34.2. The van der Waals surface area contributed by atoms with Crippen LogP contribution in [0.4, 0.5) is 17.1 Å². The molecule has 1 heteroatoms. The third-order valence-electron chi connectivity index (χ3n) is 13.8. The largest absolute Gasteiger partial charge is 0.310 e. The Bertz CT molecular complexity index is 2990. The molecule has 11 rings (SSSR count). The molecule has 8 aromatic rings. The van der Waals surface area contributed by atoms with Gasteiger partial charge in [-0.15, -0.1) is 0 Å². The first-order valence-electron chi connectivity index (χ1n) is 20.8. The highest BCUT2D eigenvalue weighted by Gasteiger charge is 2.41. The van der Waals surface area contributed by atoms with Crippen LogP contribution >= 0.6 is 0 Å². The number of rotatable bonds is 5. The van der Waals surface area contributed by atoms with E-state index < -0.39 is 0 Å². The molecule has 0 atom stereocenters. The SMILES string of the molecule is CC1(C)c2ccccc2-c2c(-c3ccccc3N(c3cccc(-c4cccc5c4C(C)(C)c4ccccc4-5)c3)c3cccc4c3C(C)(C)c3ccccc3-4)cccc21. The number of anilines is 3. The molecule has 1 nitrogen and oxygen atoms in total. The monoisotopic (exact) mass is 745 g/mol. The van der Waals surface area contributed by atoms with Gasteiger partial charge in [-0.25, -0.2) is 0 Å². The van der Waals surface area contributed by atoms with Crippen molar-refractivity contribution in [1.82, 2.24) is 0 Å². The van der Waals surface area contributed by atoms with Gasteiger partial charge in [0.15, 0.2) is 0 Å². The van der Waals surface area contributed by atoms with Crippen LogP contribution in [-0.2, 0) is 16.2 Å². The van der Waals surface area contributed by atoms with Crippen LogP contribution in [0.2, 0.25) is 0 Å². The maximum absolute atomic E-state index is 2.57. The van der Waals surface area contributed by atoms with Gasteiger partial charge in [0.25, 0.3) is 0 Å². The zero-order chi connectivity index (χ0) is 39.6. The summed E-state index contributed by atoms with van der Waals surface area (Å²) in [6, 6.07) is 66.1. The van der Waals surface area contributed by atoms with E-state index in [9.17, 15) is 0 Å². The van der Waals surface area contributed by atoms with E-state index in [1.165, 1.54) is 100 Å². The average molecular weight is 746 g/mol. The molecule has 58 heavy (non-hydrogen) atoms. The van der Waals surface area contributed by atoms with Crippen molar-refractivity contribution in [3.63, 3.8) is 0 Å². The molecule has 8 aromatic carbocycles. The molecular weight excluding hydrogens is 699 g/mol. The highest BCUT2D eigenvalue weighted by molar-refractivity contribution is 6.00. The van der Waals surface area contributed by atoms with Crippen molar-refractivity contribution >= 4 is 17.1 Å². The minimum absolute atomic E-state index is 0.0929. The Kier molecular flexibility index (Phi) is 7.36. The summed E-state index contributed by atoms with van der Waals surface area (Å²) in [5.41, 5.74) is 24.4. The van der Waals surface area contributed by atoms with Crippen molar-refractivity contribution in [2.75, 3.05) is 4.90 Å². The average Bonchev–Trinajstić information content (AvgIpc) is 3.75. The number of para-hydroxylation sites is 1. The number of benzene rings is 8. The summed E-state index contributed by atoms with van der Waals surface area (Å²) >= 11 is 0. The molecule has 0 heterocycles. The normalized spacial score (nSPS) is 15.5. The van der Waals surface area contributed by atoms with Crippen LogP contribution in [0.15, 0.2) is 176 Å². The predicted octanol–water partition coefficient (Wildman–Crippen LogP) is 15.4. The molecule has 0 saturated heterocycles. The van der Waals surface area contributed by atoms with Crippen LogP contribution in [0.1, 0.15) is 74.9 Å². The molecule has 0 unspecified atom stereocenters. The fourth-order valence-electron chi connectivity index (χ4n) is 11.2. The van der Waals surface area contributed by atoms with Gasteiger partial charge in [-0.1, -0.05) is 193 Å². The minimum Gasteiger partial charge on any atom is -0.310 e. The predicted molar refractivity (Wildman–Crippen MR) is 245 cm³/mol. The Morgan fingerprint density at radius 3 is 1.47 bits per heavy atom. The van der Waals surface area contributed by atoms with Crippen molar-refractivity contribution in [3.05, 3.63) is 209 Å². The van der Waals surface area contributed by atoms with Crippen LogP contribution in [0.3, 0.4) is 0 Å². The molecule has 0 aliphatic heterocycles. The minimum atomic E-state index is -0.208. The smallest absolute Gasteiger partial charge is 0.0540 e. The van der Waals surface area contributed by atoms with Crippen LogP contribution < -0.4 is 4.90 Å². The summed E-state index contributed by atoms with van der Waals surface area (Å²) in [5.74, 6) is 0. The summed E-state index contributed by atoms with van der Waals surface area (Å²) in [5, 5.41) is 0. The van der Waals surface area contributed by atoms with E-state index in [1.54, 1.807) is 0 Å². The van der Waals surface area contributed by atoms with Gasteiger partial charge in [-0.3, -0.25) is 0 Å². The Morgan fingerprint density at radius 1 is 0.310 bits per heavy atom. The maximum Gasteiger partial charge on any atom is 0.0540 e. The summed E-state index contributed by atoms with van der Waals surface area (Å²) in [7, 11) is 0. The van der Waals surface area contributed by atoms with Gasteiger partial charge in [-0.2, -0.15) is 0 Å². The second-order valence-corrected chi connectivity index (χ2v) is 18.1. The summed E-state index contributed by atoms with van der Waals surface area (Å²) < 4.78 is 0. The van der Waals surface area contributed by atoms with E-state index in [1.807, 2.05) is 0 Å². The lowest BCUT2D eigenvalue weighted by atomic mass is 9.79. The highest BCUT2D eigenvalue weighted by Crippen LogP contribution is 2.58. The number of hydrogen-bond acceptors (Lipinski definition) is 1. The van der Waals surface area contributed by atoms with Crippen molar-refractivity contribution in [2.45, 2.75) is 57.8 Å². The Morgan fingerprint density at radius 2 is 0.759 bits per heavy atom. The number of fused-ring (bicyclic) bond motifs is 9. The first-order chi connectivity index (χ1) is 28.1. The van der Waals surface area contributed by atoms with Gasteiger partial charge in [-0.05, 0) is 108 Å². The fraction of sp³-hybridized carbons (Fsp3) is 0.158. The van der Waals surface area contributed by atoms with Gasteiger partial charge >= 0.3 is 0 Å². The van der Waals surface area contributed by atoms with E-state index in [4.69, 9.17) is 0 Å². The lowest BCUT2D eigenvalue weighted by Crippen LogP contribution is -2.21. The van der Waals surface area contributed by atoms with E-state index in [2.05, 4.69) is 222 Å². The van der Waals surface area contributed by atoms with E-state index in [0.717, 1.165) is 5.69 Å². The van der Waals surface area contributed by atoms with E-state index in [-0.39, 0.29) is 16.2 Å². The molecule has 280 valence electrons. The lowest BCUT2D eigenvalue weighted by Gasteiger charge is -2.34. The fourth-order valence-corrected chi connectivity index (χ4v) is 11.2. The Balaban J connectivity index is 1.17. The molecule has 3 aliphatic carbocycles. The van der Waals surface area contributed by atoms with E-state index >= 15 is 0 Å². The molecule has 0 bridgehead atoms. The van der Waals surface area contributed by atoms with Crippen LogP contribution in [0.5, 0.6) is 0 Å². The van der Waals surface area contributed by atoms with Crippen LogP contribution in [-0.4, -0.2) is 0 Å². The maximum atomic E-state index is 2.57. The molecule has 0 fully saturated rings.